The maximum absolute atomic E-state index is 13.7. The second-order valence-corrected chi connectivity index (χ2v) is 9.39. The molecule has 4 aromatic rings. The molecule has 192 valence electrons. The van der Waals surface area contributed by atoms with Crippen molar-refractivity contribution in [1.29, 1.82) is 0 Å². The molecule has 0 aliphatic carbocycles. The van der Waals surface area contributed by atoms with Crippen LogP contribution in [0, 0.1) is 6.92 Å². The number of anilines is 3. The summed E-state index contributed by atoms with van der Waals surface area (Å²) in [6.45, 7) is 3.76. The summed E-state index contributed by atoms with van der Waals surface area (Å²) in [5, 5.41) is 14.2. The first-order chi connectivity index (χ1) is 18.4. The number of allylic oxidation sites excluding steroid dienone is 1. The van der Waals surface area contributed by atoms with E-state index in [4.69, 9.17) is 16.3 Å². The van der Waals surface area contributed by atoms with Crippen LogP contribution in [-0.2, 0) is 4.79 Å². The van der Waals surface area contributed by atoms with Crippen LogP contribution in [0.15, 0.2) is 90.3 Å². The predicted molar refractivity (Wildman–Crippen MR) is 149 cm³/mol. The van der Waals surface area contributed by atoms with E-state index in [-0.39, 0.29) is 11.8 Å². The van der Waals surface area contributed by atoms with Crippen molar-refractivity contribution >= 4 is 40.6 Å². The summed E-state index contributed by atoms with van der Waals surface area (Å²) in [6, 6.07) is 21.4. The van der Waals surface area contributed by atoms with Crippen LogP contribution in [0.1, 0.15) is 34.5 Å². The van der Waals surface area contributed by atoms with Gasteiger partial charge >= 0.3 is 0 Å². The van der Waals surface area contributed by atoms with Crippen LogP contribution in [-0.4, -0.2) is 28.7 Å². The van der Waals surface area contributed by atoms with E-state index in [0.29, 0.717) is 44.8 Å². The number of ether oxygens (including phenoxy) is 1. The Morgan fingerprint density at radius 2 is 1.76 bits per heavy atom. The van der Waals surface area contributed by atoms with Gasteiger partial charge in [-0.15, -0.1) is 0 Å². The molecule has 1 aliphatic rings. The van der Waals surface area contributed by atoms with Gasteiger partial charge in [0.15, 0.2) is 0 Å². The van der Waals surface area contributed by atoms with Crippen LogP contribution in [0.2, 0.25) is 5.02 Å². The maximum Gasteiger partial charge on any atom is 0.261 e. The highest BCUT2D eigenvalue weighted by Crippen LogP contribution is 2.39. The number of aromatic nitrogens is 2. The standard InChI is InChI=1S/C29H26ClN5O3/c1-17-8-6-11-21(14-17)33-28(36)22-16-31-35-26(19-9-7-10-20(30)15-19)25(18(2)32-27(22)35)29(37)34-23-12-4-5-13-24(23)38-3/h4-16,26,32H,1-3H3,(H,33,36)(H,34,37). The van der Waals surface area contributed by atoms with Crippen LogP contribution in [0.4, 0.5) is 17.2 Å². The van der Waals surface area contributed by atoms with E-state index in [1.165, 1.54) is 6.20 Å². The molecule has 2 heterocycles. The molecule has 9 heteroatoms. The zero-order valence-electron chi connectivity index (χ0n) is 21.1. The Labute approximate surface area is 225 Å². The molecule has 1 unspecified atom stereocenters. The van der Waals surface area contributed by atoms with Gasteiger partial charge in [0.1, 0.15) is 23.2 Å². The van der Waals surface area contributed by atoms with Gasteiger partial charge in [-0.3, -0.25) is 9.59 Å². The maximum atomic E-state index is 13.7. The quantitative estimate of drug-likeness (QED) is 0.284. The Kier molecular flexibility index (Phi) is 6.89. The molecule has 38 heavy (non-hydrogen) atoms. The molecule has 1 aliphatic heterocycles. The molecule has 5 rings (SSSR count). The Bertz CT molecular complexity index is 1580. The van der Waals surface area contributed by atoms with Crippen molar-refractivity contribution < 1.29 is 14.3 Å². The number of methoxy groups -OCH3 is 1. The van der Waals surface area contributed by atoms with Gasteiger partial charge in [0.25, 0.3) is 11.8 Å². The number of hydrogen-bond donors (Lipinski definition) is 3. The molecular weight excluding hydrogens is 502 g/mol. The third-order valence-electron chi connectivity index (χ3n) is 6.31. The van der Waals surface area contributed by atoms with E-state index in [2.05, 4.69) is 21.0 Å². The summed E-state index contributed by atoms with van der Waals surface area (Å²) in [5.74, 6) is 0.365. The summed E-state index contributed by atoms with van der Waals surface area (Å²) in [4.78, 5) is 27.0. The van der Waals surface area contributed by atoms with E-state index < -0.39 is 6.04 Å². The van der Waals surface area contributed by atoms with E-state index in [1.54, 1.807) is 43.0 Å². The predicted octanol–water partition coefficient (Wildman–Crippen LogP) is 6.03. The smallest absolute Gasteiger partial charge is 0.261 e. The summed E-state index contributed by atoms with van der Waals surface area (Å²) in [6.07, 6.45) is 1.50. The van der Waals surface area contributed by atoms with E-state index in [9.17, 15) is 9.59 Å². The molecule has 3 aromatic carbocycles. The fourth-order valence-corrected chi connectivity index (χ4v) is 4.76. The van der Waals surface area contributed by atoms with Crippen molar-refractivity contribution in [2.75, 3.05) is 23.1 Å². The van der Waals surface area contributed by atoms with Crippen molar-refractivity contribution in [2.24, 2.45) is 0 Å². The summed E-state index contributed by atoms with van der Waals surface area (Å²) < 4.78 is 7.04. The van der Waals surface area contributed by atoms with E-state index in [1.807, 2.05) is 55.5 Å². The van der Waals surface area contributed by atoms with Crippen LogP contribution in [0.25, 0.3) is 0 Å². The number of hydrogen-bond acceptors (Lipinski definition) is 5. The fourth-order valence-electron chi connectivity index (χ4n) is 4.56. The molecule has 1 aromatic heterocycles. The van der Waals surface area contributed by atoms with Crippen molar-refractivity contribution in [3.63, 3.8) is 0 Å². The van der Waals surface area contributed by atoms with Crippen LogP contribution in [0.3, 0.4) is 0 Å². The summed E-state index contributed by atoms with van der Waals surface area (Å²) in [7, 11) is 1.55. The lowest BCUT2D eigenvalue weighted by atomic mass is 9.94. The lowest BCUT2D eigenvalue weighted by molar-refractivity contribution is -0.113. The lowest BCUT2D eigenvalue weighted by Gasteiger charge is -2.30. The highest BCUT2D eigenvalue weighted by Gasteiger charge is 2.35. The van der Waals surface area contributed by atoms with Gasteiger partial charge in [-0.1, -0.05) is 48.0 Å². The lowest BCUT2D eigenvalue weighted by Crippen LogP contribution is -2.32. The number of para-hydroxylation sites is 2. The summed E-state index contributed by atoms with van der Waals surface area (Å²) >= 11 is 6.34. The molecule has 3 N–H and O–H groups in total. The molecule has 2 amide bonds. The number of amides is 2. The normalized spacial score (nSPS) is 14.4. The van der Waals surface area contributed by atoms with Gasteiger partial charge in [-0.25, -0.2) is 4.68 Å². The third kappa shape index (κ3) is 4.86. The number of nitrogens with zero attached hydrogens (tertiary/aromatic N) is 2. The minimum atomic E-state index is -0.639. The first-order valence-corrected chi connectivity index (χ1v) is 12.4. The highest BCUT2D eigenvalue weighted by atomic mass is 35.5. The van der Waals surface area contributed by atoms with Crippen LogP contribution < -0.4 is 20.7 Å². The van der Waals surface area contributed by atoms with Gasteiger partial charge in [0.2, 0.25) is 0 Å². The number of aryl methyl sites for hydroxylation is 1. The van der Waals surface area contributed by atoms with Gasteiger partial charge in [-0.2, -0.15) is 5.10 Å². The number of fused-ring (bicyclic) bond motifs is 1. The zero-order chi connectivity index (χ0) is 26.8. The Morgan fingerprint density at radius 3 is 2.53 bits per heavy atom. The summed E-state index contributed by atoms with van der Waals surface area (Å²) in [5.41, 5.74) is 4.36. The first kappa shape index (κ1) is 25.1. The van der Waals surface area contributed by atoms with E-state index in [0.717, 1.165) is 11.1 Å². The topological polar surface area (TPSA) is 97.3 Å². The Hall–Kier alpha value is -4.56. The van der Waals surface area contributed by atoms with Crippen molar-refractivity contribution in [3.05, 3.63) is 112 Å². The second-order valence-electron chi connectivity index (χ2n) is 8.95. The van der Waals surface area contributed by atoms with Gasteiger partial charge in [-0.05, 0) is 61.4 Å². The van der Waals surface area contributed by atoms with Crippen LogP contribution >= 0.6 is 11.6 Å². The average Bonchev–Trinajstić information content (AvgIpc) is 3.31. The molecule has 0 saturated heterocycles. The van der Waals surface area contributed by atoms with Crippen molar-refractivity contribution in [2.45, 2.75) is 19.9 Å². The monoisotopic (exact) mass is 527 g/mol. The zero-order valence-corrected chi connectivity index (χ0v) is 21.8. The number of rotatable bonds is 6. The first-order valence-electron chi connectivity index (χ1n) is 12.0. The van der Waals surface area contributed by atoms with Gasteiger partial charge in [0, 0.05) is 16.4 Å². The fraction of sp³-hybridized carbons (Fsp3) is 0.138. The average molecular weight is 528 g/mol. The SMILES string of the molecule is COc1ccccc1NC(=O)C1=C(C)Nc2c(C(=O)Nc3cccc(C)c3)cnn2C1c1cccc(Cl)c1. The number of carbonyl (C=O) groups is 2. The number of benzene rings is 3. The molecule has 0 spiro atoms. The Balaban J connectivity index is 1.55. The number of carbonyl (C=O) groups excluding carboxylic acids is 2. The van der Waals surface area contributed by atoms with Gasteiger partial charge in [0.05, 0.1) is 24.6 Å². The van der Waals surface area contributed by atoms with Crippen molar-refractivity contribution in [1.82, 2.24) is 9.78 Å². The third-order valence-corrected chi connectivity index (χ3v) is 6.54. The molecule has 0 bridgehead atoms. The second kappa shape index (κ2) is 10.4. The minimum Gasteiger partial charge on any atom is -0.495 e. The van der Waals surface area contributed by atoms with Gasteiger partial charge < -0.3 is 20.7 Å². The molecule has 0 fully saturated rings. The minimum absolute atomic E-state index is 0.316. The van der Waals surface area contributed by atoms with E-state index >= 15 is 0 Å². The molecule has 0 radical (unpaired) electrons. The molecule has 1 atom stereocenters. The van der Waals surface area contributed by atoms with Crippen LogP contribution in [0.5, 0.6) is 5.75 Å². The Morgan fingerprint density at radius 1 is 0.974 bits per heavy atom. The molecular formula is C29H26ClN5O3. The highest BCUT2D eigenvalue weighted by molar-refractivity contribution is 6.30. The van der Waals surface area contributed by atoms with Crippen molar-refractivity contribution in [3.8, 4) is 5.75 Å². The number of halogens is 1. The largest absolute Gasteiger partial charge is 0.495 e. The number of nitrogens with one attached hydrogen (secondary N) is 3. The molecule has 8 nitrogen and oxygen atoms in total. The molecule has 0 saturated carbocycles.